The molecule has 1 aliphatic rings. The summed E-state index contributed by atoms with van der Waals surface area (Å²) in [6, 6.07) is 4.16. The molecule has 1 aromatic heterocycles. The van der Waals surface area contributed by atoms with Gasteiger partial charge >= 0.3 is 0 Å². The predicted octanol–water partition coefficient (Wildman–Crippen LogP) is 1.93. The molecule has 14 heavy (non-hydrogen) atoms. The first-order chi connectivity index (χ1) is 6.86. The molecule has 2 heteroatoms. The predicted molar refractivity (Wildman–Crippen MR) is 58.3 cm³/mol. The van der Waals surface area contributed by atoms with Gasteiger partial charge in [-0.05, 0) is 56.8 Å². The third-order valence-corrected chi connectivity index (χ3v) is 3.00. The van der Waals surface area contributed by atoms with Gasteiger partial charge in [0.25, 0.3) is 0 Å². The molecule has 0 spiro atoms. The number of aromatic nitrogens is 1. The first-order valence-corrected chi connectivity index (χ1v) is 5.47. The monoisotopic (exact) mass is 190 g/mol. The molecule has 0 aromatic carbocycles. The third kappa shape index (κ3) is 2.32. The largest absolute Gasteiger partial charge is 0.316 e. The van der Waals surface area contributed by atoms with Crippen molar-refractivity contribution in [1.29, 1.82) is 0 Å². The number of rotatable bonds is 2. The van der Waals surface area contributed by atoms with Gasteiger partial charge in [0.15, 0.2) is 0 Å². The molecule has 0 unspecified atom stereocenters. The highest BCUT2D eigenvalue weighted by molar-refractivity contribution is 5.18. The SMILES string of the molecule is Cc1cccnc1C[C@@H]1CCCNC1. The quantitative estimate of drug-likeness (QED) is 0.771. The van der Waals surface area contributed by atoms with E-state index in [1.165, 1.54) is 30.6 Å². The Labute approximate surface area is 85.7 Å². The Morgan fingerprint density at radius 3 is 3.21 bits per heavy atom. The van der Waals surface area contributed by atoms with Crippen molar-refractivity contribution in [2.75, 3.05) is 13.1 Å². The fraction of sp³-hybridized carbons (Fsp3) is 0.583. The molecule has 1 saturated heterocycles. The van der Waals surface area contributed by atoms with E-state index in [0.717, 1.165) is 18.9 Å². The molecule has 2 nitrogen and oxygen atoms in total. The van der Waals surface area contributed by atoms with Crippen LogP contribution < -0.4 is 5.32 Å². The van der Waals surface area contributed by atoms with Gasteiger partial charge < -0.3 is 5.32 Å². The number of nitrogens with zero attached hydrogens (tertiary/aromatic N) is 1. The second kappa shape index (κ2) is 4.56. The van der Waals surface area contributed by atoms with Crippen LogP contribution in [0, 0.1) is 12.8 Å². The number of pyridine rings is 1. The van der Waals surface area contributed by atoms with E-state index in [-0.39, 0.29) is 0 Å². The molecule has 0 aliphatic carbocycles. The summed E-state index contributed by atoms with van der Waals surface area (Å²) in [5.74, 6) is 0.789. The van der Waals surface area contributed by atoms with Crippen LogP contribution >= 0.6 is 0 Å². The Hall–Kier alpha value is -0.890. The zero-order chi connectivity index (χ0) is 9.80. The van der Waals surface area contributed by atoms with Gasteiger partial charge in [-0.3, -0.25) is 4.98 Å². The number of aryl methyl sites for hydroxylation is 1. The van der Waals surface area contributed by atoms with E-state index in [4.69, 9.17) is 0 Å². The lowest BCUT2D eigenvalue weighted by atomic mass is 9.93. The van der Waals surface area contributed by atoms with Gasteiger partial charge in [0.2, 0.25) is 0 Å². The number of hydrogen-bond acceptors (Lipinski definition) is 2. The van der Waals surface area contributed by atoms with Gasteiger partial charge in [-0.25, -0.2) is 0 Å². The van der Waals surface area contributed by atoms with Gasteiger partial charge in [-0.2, -0.15) is 0 Å². The fourth-order valence-corrected chi connectivity index (χ4v) is 2.10. The summed E-state index contributed by atoms with van der Waals surface area (Å²) in [4.78, 5) is 4.44. The van der Waals surface area contributed by atoms with Gasteiger partial charge in [-0.15, -0.1) is 0 Å². The zero-order valence-electron chi connectivity index (χ0n) is 8.79. The van der Waals surface area contributed by atoms with Crippen LogP contribution in [0.5, 0.6) is 0 Å². The number of nitrogens with one attached hydrogen (secondary N) is 1. The molecular formula is C12H18N2. The molecule has 0 bridgehead atoms. The minimum Gasteiger partial charge on any atom is -0.316 e. The lowest BCUT2D eigenvalue weighted by Crippen LogP contribution is -2.31. The molecule has 2 heterocycles. The van der Waals surface area contributed by atoms with Crippen LogP contribution in [0.15, 0.2) is 18.3 Å². The maximum atomic E-state index is 4.44. The van der Waals surface area contributed by atoms with Crippen LogP contribution in [0.2, 0.25) is 0 Å². The highest BCUT2D eigenvalue weighted by Crippen LogP contribution is 2.16. The van der Waals surface area contributed by atoms with Gasteiger partial charge in [-0.1, -0.05) is 6.07 Å². The Balaban J connectivity index is 1.99. The van der Waals surface area contributed by atoms with E-state index in [9.17, 15) is 0 Å². The van der Waals surface area contributed by atoms with E-state index in [1.54, 1.807) is 0 Å². The molecule has 1 N–H and O–H groups in total. The summed E-state index contributed by atoms with van der Waals surface area (Å²) in [6.07, 6.45) is 5.71. The molecule has 1 fully saturated rings. The normalized spacial score (nSPS) is 22.2. The molecule has 0 radical (unpaired) electrons. The van der Waals surface area contributed by atoms with Crippen molar-refractivity contribution in [2.45, 2.75) is 26.2 Å². The summed E-state index contributed by atoms with van der Waals surface area (Å²) >= 11 is 0. The molecule has 1 aromatic rings. The minimum absolute atomic E-state index is 0.789. The van der Waals surface area contributed by atoms with Gasteiger partial charge in [0, 0.05) is 11.9 Å². The van der Waals surface area contributed by atoms with Crippen LogP contribution in [0.4, 0.5) is 0 Å². The maximum Gasteiger partial charge on any atom is 0.0435 e. The Kier molecular flexibility index (Phi) is 3.14. The Morgan fingerprint density at radius 1 is 1.57 bits per heavy atom. The molecule has 76 valence electrons. The molecule has 0 saturated carbocycles. The van der Waals surface area contributed by atoms with E-state index in [0.29, 0.717) is 0 Å². The summed E-state index contributed by atoms with van der Waals surface area (Å²) in [6.45, 7) is 4.51. The van der Waals surface area contributed by atoms with Crippen LogP contribution in [0.3, 0.4) is 0 Å². The van der Waals surface area contributed by atoms with Crippen molar-refractivity contribution in [2.24, 2.45) is 5.92 Å². The smallest absolute Gasteiger partial charge is 0.0435 e. The molecule has 2 rings (SSSR count). The second-order valence-corrected chi connectivity index (χ2v) is 4.18. The van der Waals surface area contributed by atoms with Crippen molar-refractivity contribution in [3.05, 3.63) is 29.6 Å². The van der Waals surface area contributed by atoms with Crippen molar-refractivity contribution in [3.63, 3.8) is 0 Å². The van der Waals surface area contributed by atoms with Crippen molar-refractivity contribution in [3.8, 4) is 0 Å². The summed E-state index contributed by atoms with van der Waals surface area (Å²) in [5.41, 5.74) is 2.61. The second-order valence-electron chi connectivity index (χ2n) is 4.18. The number of piperidine rings is 1. The lowest BCUT2D eigenvalue weighted by molar-refractivity contribution is 0.373. The average Bonchev–Trinajstić information content (AvgIpc) is 2.23. The van der Waals surface area contributed by atoms with Crippen LogP contribution in [-0.2, 0) is 6.42 Å². The van der Waals surface area contributed by atoms with Crippen molar-refractivity contribution >= 4 is 0 Å². The number of hydrogen-bond donors (Lipinski definition) is 1. The topological polar surface area (TPSA) is 24.9 Å². The van der Waals surface area contributed by atoms with E-state index in [2.05, 4.69) is 23.3 Å². The molecule has 0 amide bonds. The van der Waals surface area contributed by atoms with E-state index < -0.39 is 0 Å². The standard InChI is InChI=1S/C12H18N2/c1-10-4-2-7-14-12(10)8-11-5-3-6-13-9-11/h2,4,7,11,13H,3,5-6,8-9H2,1H3/t11-/m0/s1. The maximum absolute atomic E-state index is 4.44. The first kappa shape index (κ1) is 9.66. The van der Waals surface area contributed by atoms with Crippen molar-refractivity contribution in [1.82, 2.24) is 10.3 Å². The summed E-state index contributed by atoms with van der Waals surface area (Å²) in [7, 11) is 0. The Bertz CT molecular complexity index is 290. The molecule has 1 atom stereocenters. The summed E-state index contributed by atoms with van der Waals surface area (Å²) in [5, 5.41) is 3.45. The van der Waals surface area contributed by atoms with Crippen LogP contribution in [-0.4, -0.2) is 18.1 Å². The fourth-order valence-electron chi connectivity index (χ4n) is 2.10. The zero-order valence-corrected chi connectivity index (χ0v) is 8.79. The average molecular weight is 190 g/mol. The van der Waals surface area contributed by atoms with Crippen LogP contribution in [0.25, 0.3) is 0 Å². The van der Waals surface area contributed by atoms with Gasteiger partial charge in [0.05, 0.1) is 0 Å². The first-order valence-electron chi connectivity index (χ1n) is 5.47. The van der Waals surface area contributed by atoms with E-state index in [1.807, 2.05) is 12.3 Å². The summed E-state index contributed by atoms with van der Waals surface area (Å²) < 4.78 is 0. The van der Waals surface area contributed by atoms with Crippen molar-refractivity contribution < 1.29 is 0 Å². The minimum atomic E-state index is 0.789. The van der Waals surface area contributed by atoms with Gasteiger partial charge in [0.1, 0.15) is 0 Å². The van der Waals surface area contributed by atoms with Crippen LogP contribution in [0.1, 0.15) is 24.1 Å². The molecule has 1 aliphatic heterocycles. The highest BCUT2D eigenvalue weighted by atomic mass is 14.9. The lowest BCUT2D eigenvalue weighted by Gasteiger charge is -2.22. The highest BCUT2D eigenvalue weighted by Gasteiger charge is 2.14. The Morgan fingerprint density at radius 2 is 2.50 bits per heavy atom. The third-order valence-electron chi connectivity index (χ3n) is 3.00. The van der Waals surface area contributed by atoms with E-state index >= 15 is 0 Å². The molecular weight excluding hydrogens is 172 g/mol.